The zero-order chi connectivity index (χ0) is 23.0. The number of pyridine rings is 2. The Labute approximate surface area is 200 Å². The minimum absolute atomic E-state index is 0.0424. The number of aromatic nitrogens is 3. The van der Waals surface area contributed by atoms with Crippen molar-refractivity contribution in [3.8, 4) is 0 Å². The van der Waals surface area contributed by atoms with Crippen molar-refractivity contribution >= 4 is 40.0 Å². The summed E-state index contributed by atoms with van der Waals surface area (Å²) in [5.74, 6) is 0.644. The molecular formula is C24H23N5O2S2. The van der Waals surface area contributed by atoms with Crippen LogP contribution in [0.4, 0.5) is 10.9 Å². The van der Waals surface area contributed by atoms with E-state index in [1.165, 1.54) is 28.7 Å². The van der Waals surface area contributed by atoms with Crippen LogP contribution < -0.4 is 10.6 Å². The Morgan fingerprint density at radius 2 is 1.91 bits per heavy atom. The Morgan fingerprint density at radius 1 is 1.09 bits per heavy atom. The molecule has 0 saturated carbocycles. The first-order valence-electron chi connectivity index (χ1n) is 10.4. The van der Waals surface area contributed by atoms with E-state index < -0.39 is 0 Å². The Bertz CT molecular complexity index is 1220. The molecule has 168 valence electrons. The van der Waals surface area contributed by atoms with Gasteiger partial charge in [0.25, 0.3) is 5.91 Å². The maximum Gasteiger partial charge on any atom is 0.269 e. The number of hydrogen-bond acceptors (Lipinski definition) is 8. The highest BCUT2D eigenvalue weighted by Crippen LogP contribution is 2.34. The fourth-order valence-corrected chi connectivity index (χ4v) is 4.95. The maximum atomic E-state index is 12.6. The quantitative estimate of drug-likeness (QED) is 0.317. The van der Waals surface area contributed by atoms with E-state index in [0.29, 0.717) is 23.2 Å². The van der Waals surface area contributed by atoms with E-state index in [1.807, 2.05) is 24.3 Å². The Morgan fingerprint density at radius 3 is 2.73 bits per heavy atom. The predicted octanol–water partition coefficient (Wildman–Crippen LogP) is 4.85. The van der Waals surface area contributed by atoms with Crippen LogP contribution in [0, 0.1) is 0 Å². The van der Waals surface area contributed by atoms with Crippen LogP contribution in [0.25, 0.3) is 0 Å². The minimum Gasteiger partial charge on any atom is -0.392 e. The summed E-state index contributed by atoms with van der Waals surface area (Å²) in [6.07, 6.45) is 5.05. The van der Waals surface area contributed by atoms with E-state index in [0.717, 1.165) is 14.7 Å². The largest absolute Gasteiger partial charge is 0.392 e. The third kappa shape index (κ3) is 6.38. The lowest BCUT2D eigenvalue weighted by atomic mass is 10.0. The van der Waals surface area contributed by atoms with Crippen LogP contribution >= 0.6 is 23.1 Å². The van der Waals surface area contributed by atoms with Gasteiger partial charge in [-0.3, -0.25) is 9.78 Å². The predicted molar refractivity (Wildman–Crippen MR) is 131 cm³/mol. The lowest BCUT2D eigenvalue weighted by Gasteiger charge is -2.13. The molecule has 33 heavy (non-hydrogen) atoms. The van der Waals surface area contributed by atoms with Crippen molar-refractivity contribution in [3.05, 3.63) is 90.0 Å². The molecule has 4 aromatic rings. The molecule has 1 aromatic carbocycles. The zero-order valence-corrected chi connectivity index (χ0v) is 19.6. The molecule has 3 heterocycles. The van der Waals surface area contributed by atoms with Gasteiger partial charge in [-0.25, -0.2) is 9.97 Å². The van der Waals surface area contributed by atoms with Crippen molar-refractivity contribution in [2.75, 3.05) is 11.9 Å². The molecule has 0 fully saturated rings. The van der Waals surface area contributed by atoms with Crippen LogP contribution in [0.3, 0.4) is 0 Å². The number of aliphatic hydroxyl groups is 1. The zero-order valence-electron chi connectivity index (χ0n) is 17.9. The van der Waals surface area contributed by atoms with Crippen LogP contribution in [-0.4, -0.2) is 32.5 Å². The van der Waals surface area contributed by atoms with Gasteiger partial charge in [0.15, 0.2) is 5.13 Å². The first kappa shape index (κ1) is 22.9. The molecule has 1 atom stereocenters. The van der Waals surface area contributed by atoms with Crippen molar-refractivity contribution in [1.82, 2.24) is 20.3 Å². The van der Waals surface area contributed by atoms with Gasteiger partial charge in [-0.2, -0.15) is 0 Å². The van der Waals surface area contributed by atoms with Crippen LogP contribution in [0.1, 0.15) is 34.5 Å². The molecule has 3 N–H and O–H groups in total. The Hall–Kier alpha value is -3.27. The molecule has 0 radical (unpaired) electrons. The van der Waals surface area contributed by atoms with E-state index in [9.17, 15) is 9.90 Å². The van der Waals surface area contributed by atoms with Crippen LogP contribution in [-0.2, 0) is 6.61 Å². The second-order valence-electron chi connectivity index (χ2n) is 7.32. The third-order valence-corrected chi connectivity index (χ3v) is 6.85. The number of nitrogens with one attached hydrogen (secondary N) is 2. The van der Waals surface area contributed by atoms with Gasteiger partial charge in [-0.05, 0) is 41.3 Å². The molecular weight excluding hydrogens is 454 g/mol. The van der Waals surface area contributed by atoms with E-state index in [-0.39, 0.29) is 18.4 Å². The van der Waals surface area contributed by atoms with Gasteiger partial charge in [0.05, 0.1) is 17.0 Å². The molecule has 7 nitrogen and oxygen atoms in total. The summed E-state index contributed by atoms with van der Waals surface area (Å²) in [7, 11) is 0. The number of nitrogens with zero attached hydrogens (tertiary/aromatic N) is 3. The molecule has 1 unspecified atom stereocenters. The van der Waals surface area contributed by atoms with Gasteiger partial charge in [0.1, 0.15) is 11.5 Å². The molecule has 0 aliphatic carbocycles. The average molecular weight is 478 g/mol. The fourth-order valence-electron chi connectivity index (χ4n) is 3.07. The molecule has 3 aromatic heterocycles. The number of hydrogen-bond donors (Lipinski definition) is 3. The number of benzene rings is 1. The Kier molecular flexibility index (Phi) is 7.66. The van der Waals surface area contributed by atoms with Gasteiger partial charge in [-0.1, -0.05) is 60.4 Å². The van der Waals surface area contributed by atoms with E-state index in [1.54, 1.807) is 36.8 Å². The summed E-state index contributed by atoms with van der Waals surface area (Å²) in [6, 6.07) is 17.3. The maximum absolute atomic E-state index is 12.6. The van der Waals surface area contributed by atoms with Gasteiger partial charge < -0.3 is 15.7 Å². The highest BCUT2D eigenvalue weighted by molar-refractivity contribution is 8.01. The normalized spacial score (nSPS) is 11.7. The monoisotopic (exact) mass is 477 g/mol. The van der Waals surface area contributed by atoms with Crippen molar-refractivity contribution in [2.45, 2.75) is 28.6 Å². The summed E-state index contributed by atoms with van der Waals surface area (Å²) >= 11 is 2.99. The molecule has 1 amide bonds. The number of thiazole rings is 1. The summed E-state index contributed by atoms with van der Waals surface area (Å²) < 4.78 is 0.964. The topological polar surface area (TPSA) is 100 Å². The van der Waals surface area contributed by atoms with Gasteiger partial charge in [0, 0.05) is 23.8 Å². The first-order chi connectivity index (χ1) is 16.1. The molecule has 0 spiro atoms. The number of carbonyl (C=O) groups excluding carboxylic acids is 1. The SMILES string of the molecule is CC(CNC(=O)c1cc(Sc2cnc(Nc3cc(CO)ccn3)s2)ccn1)c1ccccc1. The smallest absolute Gasteiger partial charge is 0.269 e. The molecule has 9 heteroatoms. The van der Waals surface area contributed by atoms with Crippen molar-refractivity contribution in [1.29, 1.82) is 0 Å². The van der Waals surface area contributed by atoms with Crippen LogP contribution in [0.15, 0.2) is 82.3 Å². The minimum atomic E-state index is -0.193. The molecule has 0 bridgehead atoms. The average Bonchev–Trinajstić information content (AvgIpc) is 3.29. The molecule has 0 saturated heterocycles. The van der Waals surface area contributed by atoms with Crippen molar-refractivity contribution in [3.63, 3.8) is 0 Å². The highest BCUT2D eigenvalue weighted by Gasteiger charge is 2.12. The number of aliphatic hydroxyl groups excluding tert-OH is 1. The Balaban J connectivity index is 1.35. The number of carbonyl (C=O) groups is 1. The summed E-state index contributed by atoms with van der Waals surface area (Å²) in [6.45, 7) is 2.58. The number of amides is 1. The van der Waals surface area contributed by atoms with Crippen molar-refractivity contribution in [2.24, 2.45) is 0 Å². The van der Waals surface area contributed by atoms with E-state index >= 15 is 0 Å². The third-order valence-electron chi connectivity index (χ3n) is 4.85. The summed E-state index contributed by atoms with van der Waals surface area (Å²) in [4.78, 5) is 26.4. The lowest BCUT2D eigenvalue weighted by molar-refractivity contribution is 0.0946. The van der Waals surface area contributed by atoms with Gasteiger partial charge >= 0.3 is 0 Å². The van der Waals surface area contributed by atoms with Gasteiger partial charge in [0.2, 0.25) is 0 Å². The molecule has 0 aliphatic rings. The standard InChI is InChI=1S/C24H23N5O2S2/c1-16(18-5-3-2-4-6-18)13-27-23(31)20-12-19(8-10-25-20)32-22-14-28-24(33-22)29-21-11-17(15-30)7-9-26-21/h2-12,14,16,30H,13,15H2,1H3,(H,27,31)(H,26,28,29). The lowest BCUT2D eigenvalue weighted by Crippen LogP contribution is -2.28. The fraction of sp³-hybridized carbons (Fsp3) is 0.167. The highest BCUT2D eigenvalue weighted by atomic mass is 32.2. The summed E-state index contributed by atoms with van der Waals surface area (Å²) in [5, 5.41) is 16.1. The van der Waals surface area contributed by atoms with Crippen molar-refractivity contribution < 1.29 is 9.90 Å². The number of anilines is 2. The van der Waals surface area contributed by atoms with Gasteiger partial charge in [-0.15, -0.1) is 0 Å². The second-order valence-corrected chi connectivity index (χ2v) is 9.72. The summed E-state index contributed by atoms with van der Waals surface area (Å²) in [5.41, 5.74) is 2.34. The van der Waals surface area contributed by atoms with Crippen LogP contribution in [0.5, 0.6) is 0 Å². The van der Waals surface area contributed by atoms with Crippen LogP contribution in [0.2, 0.25) is 0 Å². The van der Waals surface area contributed by atoms with E-state index in [2.05, 4.69) is 44.6 Å². The molecule has 4 rings (SSSR count). The first-order valence-corrected chi connectivity index (χ1v) is 12.0. The van der Waals surface area contributed by atoms with E-state index in [4.69, 9.17) is 0 Å². The number of rotatable bonds is 9. The second kappa shape index (κ2) is 11.0. The molecule has 0 aliphatic heterocycles.